The molecule has 10 nitrogen and oxygen atoms in total. The molecule has 11 heteroatoms. The Bertz CT molecular complexity index is 613. The zero-order valence-electron chi connectivity index (χ0n) is 17.1. The SMILES string of the molecule is CC(NC(=O)OC(C)(C)C)c1nnc(SCC(=O)N(C)C)o1.CN(C)C=O. The van der Waals surface area contributed by atoms with E-state index < -0.39 is 17.7 Å². The van der Waals surface area contributed by atoms with E-state index in [9.17, 15) is 14.4 Å². The zero-order chi connectivity index (χ0) is 21.2. The van der Waals surface area contributed by atoms with Gasteiger partial charge in [-0.3, -0.25) is 9.59 Å². The number of nitrogens with zero attached hydrogens (tertiary/aromatic N) is 4. The molecule has 154 valence electrons. The van der Waals surface area contributed by atoms with Crippen LogP contribution in [0.2, 0.25) is 0 Å². The Balaban J connectivity index is 0.00000119. The normalized spacial score (nSPS) is 11.6. The molecule has 1 heterocycles. The number of carbonyl (C=O) groups is 3. The van der Waals surface area contributed by atoms with Gasteiger partial charge in [0, 0.05) is 28.2 Å². The highest BCUT2D eigenvalue weighted by Crippen LogP contribution is 2.20. The van der Waals surface area contributed by atoms with Crippen LogP contribution in [-0.4, -0.2) is 78.0 Å². The molecule has 1 unspecified atom stereocenters. The molecule has 1 aromatic heterocycles. The minimum absolute atomic E-state index is 0.0512. The van der Waals surface area contributed by atoms with Crippen molar-refractivity contribution in [2.75, 3.05) is 33.9 Å². The smallest absolute Gasteiger partial charge is 0.408 e. The van der Waals surface area contributed by atoms with Crippen LogP contribution in [0.5, 0.6) is 0 Å². The molecule has 0 spiro atoms. The molecule has 3 amide bonds. The van der Waals surface area contributed by atoms with Crippen molar-refractivity contribution in [1.29, 1.82) is 0 Å². The summed E-state index contributed by atoms with van der Waals surface area (Å²) in [4.78, 5) is 35.5. The maximum atomic E-state index is 11.7. The predicted molar refractivity (Wildman–Crippen MR) is 101 cm³/mol. The number of ether oxygens (including phenoxy) is 1. The average molecular weight is 404 g/mol. The van der Waals surface area contributed by atoms with E-state index in [1.165, 1.54) is 9.80 Å². The molecule has 0 aromatic carbocycles. The standard InChI is InChI=1S/C13H22N4O4S.C3H7NO/c1-8(14-11(19)21-13(2,3)4)10-15-16-12(20-10)22-7-9(18)17(5)6;1-4(2)3-5/h8H,7H2,1-6H3,(H,14,19);3H,1-2H3. The lowest BCUT2D eigenvalue weighted by Crippen LogP contribution is -2.34. The summed E-state index contributed by atoms with van der Waals surface area (Å²) in [6.07, 6.45) is 0.190. The number of amides is 3. The molecule has 0 saturated heterocycles. The van der Waals surface area contributed by atoms with Gasteiger partial charge in [-0.15, -0.1) is 10.2 Å². The molecule has 1 N–H and O–H groups in total. The Labute approximate surface area is 164 Å². The van der Waals surface area contributed by atoms with E-state index in [0.717, 1.165) is 18.2 Å². The highest BCUT2D eigenvalue weighted by molar-refractivity contribution is 7.99. The minimum Gasteiger partial charge on any atom is -0.444 e. The van der Waals surface area contributed by atoms with Crippen molar-refractivity contribution in [3.8, 4) is 0 Å². The van der Waals surface area contributed by atoms with E-state index in [1.807, 2.05) is 0 Å². The van der Waals surface area contributed by atoms with Crippen LogP contribution in [-0.2, 0) is 14.3 Å². The molecular formula is C16H29N5O5S. The van der Waals surface area contributed by atoms with Gasteiger partial charge in [0.15, 0.2) is 0 Å². The summed E-state index contributed by atoms with van der Waals surface area (Å²) in [5.74, 6) is 0.415. The molecule has 1 atom stereocenters. The van der Waals surface area contributed by atoms with Crippen LogP contribution in [0.25, 0.3) is 0 Å². The number of thioether (sulfide) groups is 1. The van der Waals surface area contributed by atoms with E-state index in [4.69, 9.17) is 9.15 Å². The fourth-order valence-electron chi connectivity index (χ4n) is 1.25. The third-order valence-corrected chi connectivity index (χ3v) is 3.36. The predicted octanol–water partition coefficient (Wildman–Crippen LogP) is 1.54. The summed E-state index contributed by atoms with van der Waals surface area (Å²) in [5, 5.41) is 10.6. The number of alkyl carbamates (subject to hydrolysis) is 1. The number of rotatable bonds is 6. The fourth-order valence-corrected chi connectivity index (χ4v) is 2.00. The molecule has 0 bridgehead atoms. The van der Waals surface area contributed by atoms with Crippen LogP contribution in [0.3, 0.4) is 0 Å². The van der Waals surface area contributed by atoms with Gasteiger partial charge in [0.05, 0.1) is 5.75 Å². The second kappa shape index (κ2) is 11.4. The number of hydrogen-bond acceptors (Lipinski definition) is 8. The number of carbonyl (C=O) groups excluding carboxylic acids is 3. The maximum Gasteiger partial charge on any atom is 0.408 e. The van der Waals surface area contributed by atoms with Crippen molar-refractivity contribution in [2.45, 2.75) is 44.6 Å². The first-order valence-electron chi connectivity index (χ1n) is 8.13. The highest BCUT2D eigenvalue weighted by Gasteiger charge is 2.21. The summed E-state index contributed by atoms with van der Waals surface area (Å²) in [6.45, 7) is 7.04. The van der Waals surface area contributed by atoms with E-state index in [2.05, 4.69) is 15.5 Å². The van der Waals surface area contributed by atoms with Crippen molar-refractivity contribution in [2.24, 2.45) is 0 Å². The summed E-state index contributed by atoms with van der Waals surface area (Å²) >= 11 is 1.15. The lowest BCUT2D eigenvalue weighted by atomic mass is 10.2. The lowest BCUT2D eigenvalue weighted by Gasteiger charge is -2.20. The quantitative estimate of drug-likeness (QED) is 0.561. The van der Waals surface area contributed by atoms with Crippen molar-refractivity contribution >= 4 is 30.2 Å². The topological polar surface area (TPSA) is 118 Å². The Morgan fingerprint density at radius 1 is 1.26 bits per heavy atom. The number of hydrogen-bond donors (Lipinski definition) is 1. The zero-order valence-corrected chi connectivity index (χ0v) is 17.9. The molecule has 0 saturated carbocycles. The van der Waals surface area contributed by atoms with Gasteiger partial charge >= 0.3 is 6.09 Å². The second-order valence-corrected chi connectivity index (χ2v) is 7.85. The molecule has 1 rings (SSSR count). The van der Waals surface area contributed by atoms with Gasteiger partial charge in [-0.2, -0.15) is 0 Å². The van der Waals surface area contributed by atoms with Crippen molar-refractivity contribution in [3.05, 3.63) is 5.89 Å². The van der Waals surface area contributed by atoms with Gasteiger partial charge in [0.1, 0.15) is 11.6 Å². The van der Waals surface area contributed by atoms with Crippen molar-refractivity contribution < 1.29 is 23.5 Å². The second-order valence-electron chi connectivity index (χ2n) is 6.92. The summed E-state index contributed by atoms with van der Waals surface area (Å²) in [5.41, 5.74) is -0.577. The number of aromatic nitrogens is 2. The van der Waals surface area contributed by atoms with E-state index in [-0.39, 0.29) is 22.8 Å². The average Bonchev–Trinajstić information content (AvgIpc) is 3.00. The van der Waals surface area contributed by atoms with Gasteiger partial charge in [-0.05, 0) is 27.7 Å². The monoisotopic (exact) mass is 403 g/mol. The van der Waals surface area contributed by atoms with Crippen LogP contribution in [0, 0.1) is 0 Å². The molecule has 0 aliphatic heterocycles. The fraction of sp³-hybridized carbons (Fsp3) is 0.688. The van der Waals surface area contributed by atoms with Crippen LogP contribution in [0.1, 0.15) is 39.6 Å². The molecule has 0 aliphatic carbocycles. The molecule has 1 aromatic rings. The van der Waals surface area contributed by atoms with E-state index >= 15 is 0 Å². The van der Waals surface area contributed by atoms with Crippen LogP contribution < -0.4 is 5.32 Å². The van der Waals surface area contributed by atoms with Crippen molar-refractivity contribution in [3.63, 3.8) is 0 Å². The third kappa shape index (κ3) is 11.8. The van der Waals surface area contributed by atoms with Crippen LogP contribution in [0.4, 0.5) is 4.79 Å². The molecule has 0 fully saturated rings. The van der Waals surface area contributed by atoms with Gasteiger partial charge in [0.25, 0.3) is 5.22 Å². The first-order chi connectivity index (χ1) is 12.4. The Hall–Kier alpha value is -2.30. The third-order valence-electron chi connectivity index (χ3n) is 2.55. The Morgan fingerprint density at radius 3 is 2.26 bits per heavy atom. The summed E-state index contributed by atoms with van der Waals surface area (Å²) < 4.78 is 10.6. The Kier molecular flexibility index (Phi) is 10.4. The van der Waals surface area contributed by atoms with Crippen molar-refractivity contribution in [1.82, 2.24) is 25.3 Å². The highest BCUT2D eigenvalue weighted by atomic mass is 32.2. The van der Waals surface area contributed by atoms with Gasteiger partial charge in [-0.25, -0.2) is 4.79 Å². The van der Waals surface area contributed by atoms with Gasteiger partial charge < -0.3 is 24.3 Å². The van der Waals surface area contributed by atoms with E-state index in [1.54, 1.807) is 55.9 Å². The Morgan fingerprint density at radius 2 is 1.81 bits per heavy atom. The molecular weight excluding hydrogens is 374 g/mol. The molecule has 0 radical (unpaired) electrons. The summed E-state index contributed by atoms with van der Waals surface area (Å²) in [7, 11) is 6.73. The van der Waals surface area contributed by atoms with E-state index in [0.29, 0.717) is 0 Å². The van der Waals surface area contributed by atoms with Crippen LogP contribution in [0.15, 0.2) is 9.64 Å². The lowest BCUT2D eigenvalue weighted by molar-refractivity contribution is -0.125. The molecule has 0 aliphatic rings. The first kappa shape index (κ1) is 24.7. The molecule has 27 heavy (non-hydrogen) atoms. The van der Waals surface area contributed by atoms with Gasteiger partial charge in [0.2, 0.25) is 18.2 Å². The summed E-state index contributed by atoms with van der Waals surface area (Å²) in [6, 6.07) is -0.485. The number of nitrogens with one attached hydrogen (secondary N) is 1. The van der Waals surface area contributed by atoms with Crippen LogP contribution >= 0.6 is 11.8 Å². The van der Waals surface area contributed by atoms with Gasteiger partial charge in [-0.1, -0.05) is 11.8 Å². The minimum atomic E-state index is -0.577. The largest absolute Gasteiger partial charge is 0.444 e. The maximum absolute atomic E-state index is 11.7. The first-order valence-corrected chi connectivity index (χ1v) is 9.11.